The van der Waals surface area contributed by atoms with E-state index in [0.29, 0.717) is 12.5 Å². The van der Waals surface area contributed by atoms with Crippen LogP contribution in [0.4, 0.5) is 5.82 Å². The van der Waals surface area contributed by atoms with E-state index >= 15 is 0 Å². The Morgan fingerprint density at radius 2 is 2.04 bits per heavy atom. The van der Waals surface area contributed by atoms with Crippen molar-refractivity contribution in [3.8, 4) is 0 Å². The van der Waals surface area contributed by atoms with Crippen molar-refractivity contribution in [2.75, 3.05) is 44.3 Å². The normalized spacial score (nSPS) is 14.4. The van der Waals surface area contributed by atoms with Gasteiger partial charge in [-0.15, -0.1) is 24.0 Å². The van der Waals surface area contributed by atoms with Crippen molar-refractivity contribution in [2.24, 2.45) is 10.9 Å². The molecule has 0 spiro atoms. The van der Waals surface area contributed by atoms with Gasteiger partial charge in [-0.05, 0) is 43.7 Å². The zero-order chi connectivity index (χ0) is 18.6. The van der Waals surface area contributed by atoms with Crippen molar-refractivity contribution in [3.05, 3.63) is 23.9 Å². The van der Waals surface area contributed by atoms with E-state index in [4.69, 9.17) is 4.74 Å². The molecule has 0 bridgehead atoms. The average molecular weight is 489 g/mol. The number of ether oxygens (including phenoxy) is 1. The maximum absolute atomic E-state index is 5.61. The summed E-state index contributed by atoms with van der Waals surface area (Å²) in [5, 5.41) is 6.65. The average Bonchev–Trinajstić information content (AvgIpc) is 3.17. The highest BCUT2D eigenvalue weighted by Gasteiger charge is 2.12. The number of aliphatic imine (C=N–C) groups is 1. The number of anilines is 1. The molecule has 27 heavy (non-hydrogen) atoms. The van der Waals surface area contributed by atoms with Crippen LogP contribution in [-0.2, 0) is 11.3 Å². The molecule has 6 nitrogen and oxygen atoms in total. The van der Waals surface area contributed by atoms with Gasteiger partial charge in [0.1, 0.15) is 5.82 Å². The summed E-state index contributed by atoms with van der Waals surface area (Å²) in [6, 6.07) is 4.25. The minimum absolute atomic E-state index is 0. The van der Waals surface area contributed by atoms with Crippen LogP contribution in [0.15, 0.2) is 23.3 Å². The monoisotopic (exact) mass is 489 g/mol. The molecular formula is C20H36IN5O. The number of nitrogens with zero attached hydrogens (tertiary/aromatic N) is 3. The maximum atomic E-state index is 5.61. The smallest absolute Gasteiger partial charge is 0.191 e. The second-order valence-corrected chi connectivity index (χ2v) is 7.16. The second-order valence-electron chi connectivity index (χ2n) is 7.16. The number of rotatable bonds is 10. The van der Waals surface area contributed by atoms with Crippen molar-refractivity contribution in [3.63, 3.8) is 0 Å². The molecule has 1 aliphatic heterocycles. The molecular weight excluding hydrogens is 453 g/mol. The van der Waals surface area contributed by atoms with Crippen LogP contribution in [0.3, 0.4) is 0 Å². The number of hydrogen-bond donors (Lipinski definition) is 2. The van der Waals surface area contributed by atoms with Crippen LogP contribution in [0.25, 0.3) is 0 Å². The first-order valence-electron chi connectivity index (χ1n) is 9.99. The van der Waals surface area contributed by atoms with Crippen LogP contribution < -0.4 is 15.5 Å². The third-order valence-electron chi connectivity index (χ3n) is 4.21. The molecule has 1 aliphatic rings. The van der Waals surface area contributed by atoms with Gasteiger partial charge in [0.2, 0.25) is 0 Å². The van der Waals surface area contributed by atoms with Gasteiger partial charge in [0, 0.05) is 45.6 Å². The van der Waals surface area contributed by atoms with Gasteiger partial charge in [-0.25, -0.2) is 9.98 Å². The lowest BCUT2D eigenvalue weighted by Gasteiger charge is -2.16. The Morgan fingerprint density at radius 1 is 1.26 bits per heavy atom. The van der Waals surface area contributed by atoms with E-state index in [-0.39, 0.29) is 24.0 Å². The van der Waals surface area contributed by atoms with E-state index < -0.39 is 0 Å². The van der Waals surface area contributed by atoms with Gasteiger partial charge in [-0.2, -0.15) is 0 Å². The van der Waals surface area contributed by atoms with Gasteiger partial charge >= 0.3 is 0 Å². The van der Waals surface area contributed by atoms with Crippen molar-refractivity contribution in [1.29, 1.82) is 0 Å². The summed E-state index contributed by atoms with van der Waals surface area (Å²) in [6.45, 7) is 12.6. The molecule has 1 fully saturated rings. The first kappa shape index (κ1) is 23.9. The zero-order valence-electron chi connectivity index (χ0n) is 17.0. The first-order chi connectivity index (χ1) is 12.7. The molecule has 1 aromatic heterocycles. The molecule has 2 rings (SSSR count). The fourth-order valence-electron chi connectivity index (χ4n) is 2.86. The molecule has 0 atom stereocenters. The molecule has 0 amide bonds. The van der Waals surface area contributed by atoms with E-state index in [1.807, 2.05) is 6.20 Å². The molecule has 0 aromatic carbocycles. The second kappa shape index (κ2) is 14.0. The lowest BCUT2D eigenvalue weighted by atomic mass is 10.2. The Labute approximate surface area is 181 Å². The highest BCUT2D eigenvalue weighted by atomic mass is 127. The van der Waals surface area contributed by atoms with Crippen molar-refractivity contribution < 1.29 is 4.74 Å². The molecule has 7 heteroatoms. The van der Waals surface area contributed by atoms with Crippen LogP contribution >= 0.6 is 24.0 Å². The van der Waals surface area contributed by atoms with E-state index in [1.54, 1.807) is 0 Å². The Bertz CT molecular complexity index is 530. The number of nitrogens with one attached hydrogen (secondary N) is 2. The Morgan fingerprint density at radius 3 is 2.67 bits per heavy atom. The van der Waals surface area contributed by atoms with Gasteiger partial charge < -0.3 is 20.3 Å². The summed E-state index contributed by atoms with van der Waals surface area (Å²) in [4.78, 5) is 11.6. The molecule has 0 radical (unpaired) electrons. The van der Waals surface area contributed by atoms with Gasteiger partial charge in [0.25, 0.3) is 0 Å². The summed E-state index contributed by atoms with van der Waals surface area (Å²) in [5.74, 6) is 2.52. The quantitative estimate of drug-likeness (QED) is 0.228. The van der Waals surface area contributed by atoms with Crippen LogP contribution in [0.2, 0.25) is 0 Å². The number of halogens is 1. The van der Waals surface area contributed by atoms with Gasteiger partial charge in [-0.1, -0.05) is 19.9 Å². The largest absolute Gasteiger partial charge is 0.381 e. The number of hydrogen-bond acceptors (Lipinski definition) is 4. The predicted octanol–water partition coefficient (Wildman–Crippen LogP) is 3.42. The third-order valence-corrected chi connectivity index (χ3v) is 4.21. The topological polar surface area (TPSA) is 61.8 Å². The van der Waals surface area contributed by atoms with Crippen LogP contribution in [0, 0.1) is 5.92 Å². The zero-order valence-corrected chi connectivity index (χ0v) is 19.4. The summed E-state index contributed by atoms with van der Waals surface area (Å²) in [7, 11) is 0. The summed E-state index contributed by atoms with van der Waals surface area (Å²) >= 11 is 0. The number of guanidine groups is 1. The predicted molar refractivity (Wildman–Crippen MR) is 124 cm³/mol. The highest BCUT2D eigenvalue weighted by molar-refractivity contribution is 14.0. The lowest BCUT2D eigenvalue weighted by Crippen LogP contribution is -2.38. The third kappa shape index (κ3) is 9.60. The van der Waals surface area contributed by atoms with Crippen molar-refractivity contribution >= 4 is 35.8 Å². The molecule has 2 heterocycles. The van der Waals surface area contributed by atoms with E-state index in [2.05, 4.69) is 58.4 Å². The fourth-order valence-corrected chi connectivity index (χ4v) is 2.86. The minimum Gasteiger partial charge on any atom is -0.381 e. The van der Waals surface area contributed by atoms with E-state index in [9.17, 15) is 0 Å². The summed E-state index contributed by atoms with van der Waals surface area (Å²) < 4.78 is 5.61. The van der Waals surface area contributed by atoms with Crippen molar-refractivity contribution in [2.45, 2.75) is 46.6 Å². The standard InChI is InChI=1S/C20H35N5O.HI/c1-4-21-20(22-10-7-13-26-16-17(2)3)24-15-18-8-9-19(23-14-18)25-11-5-6-12-25;/h8-9,14,17H,4-7,10-13,15-16H2,1-3H3,(H2,21,22,24);1H. The number of pyridine rings is 1. The molecule has 1 saturated heterocycles. The minimum atomic E-state index is 0. The SMILES string of the molecule is CCNC(=NCc1ccc(N2CCCC2)nc1)NCCCOCC(C)C.I. The molecule has 0 aliphatic carbocycles. The van der Waals surface area contributed by atoms with Crippen molar-refractivity contribution in [1.82, 2.24) is 15.6 Å². The molecule has 0 saturated carbocycles. The Hall–Kier alpha value is -1.09. The highest BCUT2D eigenvalue weighted by Crippen LogP contribution is 2.17. The summed E-state index contributed by atoms with van der Waals surface area (Å²) in [5.41, 5.74) is 1.13. The van der Waals surface area contributed by atoms with Crippen LogP contribution in [0.1, 0.15) is 45.6 Å². The first-order valence-corrected chi connectivity index (χ1v) is 9.99. The maximum Gasteiger partial charge on any atom is 0.191 e. The molecule has 1 aromatic rings. The van der Waals surface area contributed by atoms with Gasteiger partial charge in [0.15, 0.2) is 5.96 Å². The lowest BCUT2D eigenvalue weighted by molar-refractivity contribution is 0.108. The Balaban J connectivity index is 0.00000364. The summed E-state index contributed by atoms with van der Waals surface area (Å²) in [6.07, 6.45) is 5.46. The van der Waals surface area contributed by atoms with E-state index in [0.717, 1.165) is 63.2 Å². The van der Waals surface area contributed by atoms with Gasteiger partial charge in [0.05, 0.1) is 6.54 Å². The van der Waals surface area contributed by atoms with Gasteiger partial charge in [-0.3, -0.25) is 0 Å². The molecule has 0 unspecified atom stereocenters. The number of aromatic nitrogens is 1. The molecule has 2 N–H and O–H groups in total. The van der Waals surface area contributed by atoms with Crippen LogP contribution in [-0.4, -0.2) is 50.3 Å². The molecule has 154 valence electrons. The fraction of sp³-hybridized carbons (Fsp3) is 0.700. The Kier molecular flexibility index (Phi) is 12.4. The van der Waals surface area contributed by atoms with E-state index in [1.165, 1.54) is 12.8 Å². The van der Waals surface area contributed by atoms with Crippen LogP contribution in [0.5, 0.6) is 0 Å².